The number of hydrogen-bond acceptors (Lipinski definition) is 2. The number of amides is 2. The van der Waals surface area contributed by atoms with Crippen LogP contribution >= 0.6 is 0 Å². The lowest BCUT2D eigenvalue weighted by molar-refractivity contribution is -0.122. The van der Waals surface area contributed by atoms with Gasteiger partial charge < -0.3 is 10.6 Å². The normalized spacial score (nSPS) is 16.1. The molecule has 1 aliphatic rings. The number of carbonyl (C=O) groups excluding carboxylic acids is 2. The molecule has 1 atom stereocenters. The van der Waals surface area contributed by atoms with E-state index in [1.54, 1.807) is 12.1 Å². The maximum Gasteiger partial charge on any atom is 0.251 e. The molecule has 0 aliphatic heterocycles. The molecule has 1 aliphatic carbocycles. The van der Waals surface area contributed by atoms with Crippen molar-refractivity contribution in [1.29, 1.82) is 0 Å². The molecule has 0 saturated heterocycles. The highest BCUT2D eigenvalue weighted by Gasteiger charge is 2.21. The zero-order valence-electron chi connectivity index (χ0n) is 15.7. The number of nitrogens with one attached hydrogen (secondary N) is 2. The number of hydrogen-bond donors (Lipinski definition) is 2. The van der Waals surface area contributed by atoms with E-state index >= 15 is 0 Å². The molecule has 4 nitrogen and oxygen atoms in total. The Bertz CT molecular complexity index is 723. The minimum atomic E-state index is -0.343. The third-order valence-electron chi connectivity index (χ3n) is 5.15. The monoisotopic (exact) mass is 364 g/mol. The molecule has 2 amide bonds. The van der Waals surface area contributed by atoms with Gasteiger partial charge in [0.2, 0.25) is 5.91 Å². The van der Waals surface area contributed by atoms with Crippen LogP contribution in [-0.4, -0.2) is 17.9 Å². The fraction of sp³-hybridized carbons (Fsp3) is 0.391. The Morgan fingerprint density at radius 1 is 0.852 bits per heavy atom. The van der Waals surface area contributed by atoms with E-state index in [1.165, 1.54) is 25.7 Å². The third-order valence-corrected chi connectivity index (χ3v) is 5.15. The minimum absolute atomic E-state index is 0.00381. The summed E-state index contributed by atoms with van der Waals surface area (Å²) in [6.07, 6.45) is 7.23. The van der Waals surface area contributed by atoms with E-state index in [-0.39, 0.29) is 30.3 Å². The van der Waals surface area contributed by atoms with E-state index in [0.717, 1.165) is 18.4 Å². The highest BCUT2D eigenvalue weighted by atomic mass is 16.2. The average Bonchev–Trinajstić information content (AvgIpc) is 2.97. The lowest BCUT2D eigenvalue weighted by Gasteiger charge is -2.22. The molecule has 0 unspecified atom stereocenters. The minimum Gasteiger partial charge on any atom is -0.353 e. The fourth-order valence-corrected chi connectivity index (χ4v) is 3.66. The van der Waals surface area contributed by atoms with E-state index in [0.29, 0.717) is 5.56 Å². The van der Waals surface area contributed by atoms with Crippen LogP contribution < -0.4 is 10.6 Å². The first kappa shape index (κ1) is 19.2. The first-order valence-corrected chi connectivity index (χ1v) is 9.92. The highest BCUT2D eigenvalue weighted by Crippen LogP contribution is 2.20. The molecule has 0 radical (unpaired) electrons. The summed E-state index contributed by atoms with van der Waals surface area (Å²) >= 11 is 0. The van der Waals surface area contributed by atoms with Gasteiger partial charge in [0, 0.05) is 11.6 Å². The van der Waals surface area contributed by atoms with Crippen LogP contribution in [0.3, 0.4) is 0 Å². The van der Waals surface area contributed by atoms with Crippen LogP contribution in [0.1, 0.15) is 66.9 Å². The van der Waals surface area contributed by atoms with Gasteiger partial charge in [0.15, 0.2) is 0 Å². The topological polar surface area (TPSA) is 58.2 Å². The van der Waals surface area contributed by atoms with E-state index in [9.17, 15) is 9.59 Å². The summed E-state index contributed by atoms with van der Waals surface area (Å²) in [5.41, 5.74) is 1.54. The Morgan fingerprint density at radius 2 is 1.44 bits per heavy atom. The second kappa shape index (κ2) is 9.91. The Labute approximate surface area is 161 Å². The van der Waals surface area contributed by atoms with Crippen LogP contribution in [0.2, 0.25) is 0 Å². The van der Waals surface area contributed by atoms with Crippen LogP contribution in [0, 0.1) is 0 Å². The number of rotatable bonds is 6. The van der Waals surface area contributed by atoms with Crippen LogP contribution in [0.4, 0.5) is 0 Å². The first-order valence-electron chi connectivity index (χ1n) is 9.92. The smallest absolute Gasteiger partial charge is 0.251 e. The second-order valence-corrected chi connectivity index (χ2v) is 7.26. The summed E-state index contributed by atoms with van der Waals surface area (Å²) in [5.74, 6) is -0.157. The second-order valence-electron chi connectivity index (χ2n) is 7.26. The Balaban J connectivity index is 1.66. The number of carbonyl (C=O) groups is 2. The van der Waals surface area contributed by atoms with E-state index in [2.05, 4.69) is 10.6 Å². The van der Waals surface area contributed by atoms with Crippen molar-refractivity contribution in [2.24, 2.45) is 0 Å². The molecule has 0 bridgehead atoms. The van der Waals surface area contributed by atoms with Gasteiger partial charge in [0.1, 0.15) is 0 Å². The van der Waals surface area contributed by atoms with Crippen molar-refractivity contribution in [1.82, 2.24) is 10.6 Å². The summed E-state index contributed by atoms with van der Waals surface area (Å²) in [6.45, 7) is 0. The zero-order valence-corrected chi connectivity index (χ0v) is 15.7. The molecule has 1 saturated carbocycles. The summed E-state index contributed by atoms with van der Waals surface area (Å²) in [6, 6.07) is 18.7. The Hall–Kier alpha value is -2.62. The Kier molecular flexibility index (Phi) is 7.03. The molecule has 0 heterocycles. The largest absolute Gasteiger partial charge is 0.353 e. The van der Waals surface area contributed by atoms with Gasteiger partial charge in [0.05, 0.1) is 12.5 Å². The van der Waals surface area contributed by atoms with E-state index in [4.69, 9.17) is 0 Å². The lowest BCUT2D eigenvalue weighted by atomic mass is 10.0. The maximum atomic E-state index is 12.7. The van der Waals surface area contributed by atoms with E-state index in [1.807, 2.05) is 48.5 Å². The molecule has 3 rings (SSSR count). The standard InChI is InChI=1S/C23H28N2O2/c26-22(24-20-15-9-1-2-10-16-20)17-21(18-11-5-3-6-12-18)25-23(27)19-13-7-4-8-14-19/h3-8,11-14,20-21H,1-2,9-10,15-17H2,(H,24,26)(H,25,27)/t21-/m0/s1. The summed E-state index contributed by atoms with van der Waals surface area (Å²) in [4.78, 5) is 25.3. The van der Waals surface area contributed by atoms with Crippen LogP contribution in [-0.2, 0) is 4.79 Å². The van der Waals surface area contributed by atoms with Crippen molar-refractivity contribution in [3.8, 4) is 0 Å². The Morgan fingerprint density at radius 3 is 2.07 bits per heavy atom. The van der Waals surface area contributed by atoms with Crippen molar-refractivity contribution in [3.63, 3.8) is 0 Å². The van der Waals surface area contributed by atoms with Crippen LogP contribution in [0.15, 0.2) is 60.7 Å². The highest BCUT2D eigenvalue weighted by molar-refractivity contribution is 5.94. The maximum absolute atomic E-state index is 12.7. The SMILES string of the molecule is O=C(C[C@H](NC(=O)c1ccccc1)c1ccccc1)NC1CCCCCC1. The predicted octanol–water partition coefficient (Wildman–Crippen LogP) is 4.39. The van der Waals surface area contributed by atoms with Gasteiger partial charge in [0.25, 0.3) is 5.91 Å². The molecule has 2 aromatic carbocycles. The van der Waals surface area contributed by atoms with Gasteiger partial charge in [-0.15, -0.1) is 0 Å². The van der Waals surface area contributed by atoms with Gasteiger partial charge in [-0.3, -0.25) is 9.59 Å². The molecule has 27 heavy (non-hydrogen) atoms. The van der Waals surface area contributed by atoms with Crippen molar-refractivity contribution in [2.75, 3.05) is 0 Å². The van der Waals surface area contributed by atoms with Gasteiger partial charge in [-0.2, -0.15) is 0 Å². The molecule has 142 valence electrons. The molecule has 2 N–H and O–H groups in total. The molecular formula is C23H28N2O2. The quantitative estimate of drug-likeness (QED) is 0.747. The molecule has 2 aromatic rings. The van der Waals surface area contributed by atoms with Crippen molar-refractivity contribution in [2.45, 2.75) is 57.0 Å². The lowest BCUT2D eigenvalue weighted by Crippen LogP contribution is -2.38. The summed E-state index contributed by atoms with van der Waals surface area (Å²) in [7, 11) is 0. The third kappa shape index (κ3) is 5.95. The van der Waals surface area contributed by atoms with Gasteiger partial charge in [-0.05, 0) is 30.5 Å². The summed E-state index contributed by atoms with van der Waals surface area (Å²) in [5, 5.41) is 6.21. The van der Waals surface area contributed by atoms with Crippen LogP contribution in [0.25, 0.3) is 0 Å². The number of benzene rings is 2. The van der Waals surface area contributed by atoms with Gasteiger partial charge in [-0.1, -0.05) is 74.2 Å². The first-order chi connectivity index (χ1) is 13.2. The van der Waals surface area contributed by atoms with E-state index < -0.39 is 0 Å². The zero-order chi connectivity index (χ0) is 18.9. The summed E-state index contributed by atoms with van der Waals surface area (Å²) < 4.78 is 0. The van der Waals surface area contributed by atoms with Gasteiger partial charge >= 0.3 is 0 Å². The molecule has 0 spiro atoms. The fourth-order valence-electron chi connectivity index (χ4n) is 3.66. The van der Waals surface area contributed by atoms with Gasteiger partial charge in [-0.25, -0.2) is 0 Å². The average molecular weight is 364 g/mol. The molecule has 1 fully saturated rings. The predicted molar refractivity (Wildman–Crippen MR) is 107 cm³/mol. The van der Waals surface area contributed by atoms with Crippen LogP contribution in [0.5, 0.6) is 0 Å². The van der Waals surface area contributed by atoms with Crippen molar-refractivity contribution < 1.29 is 9.59 Å². The molecular weight excluding hydrogens is 336 g/mol. The van der Waals surface area contributed by atoms with Crippen molar-refractivity contribution in [3.05, 3.63) is 71.8 Å². The van der Waals surface area contributed by atoms with Crippen molar-refractivity contribution >= 4 is 11.8 Å². The molecule has 4 heteroatoms. The molecule has 0 aromatic heterocycles.